The van der Waals surface area contributed by atoms with E-state index in [1.54, 1.807) is 31.3 Å². The lowest BCUT2D eigenvalue weighted by atomic mass is 10.1. The minimum atomic E-state index is -0.225. The standard InChI is InChI=1S/C18H20N2O2/c1-3-4-5-6-7-8-9-14-20-18(22)16-12-10-15(11-13-16)17(21)19-2/h10-13H,3-5,14H2,1-2H3,(H,19,21)(H,20,22). The fraction of sp³-hybridized carbons (Fsp3) is 0.333. The van der Waals surface area contributed by atoms with E-state index in [0.717, 1.165) is 19.3 Å². The molecule has 0 aliphatic carbocycles. The average Bonchev–Trinajstić information content (AvgIpc) is 2.56. The van der Waals surface area contributed by atoms with Gasteiger partial charge in [0, 0.05) is 24.6 Å². The highest BCUT2D eigenvalue weighted by Gasteiger charge is 2.06. The second-order valence-electron chi connectivity index (χ2n) is 4.55. The molecule has 0 aliphatic rings. The number of unbranched alkanes of at least 4 members (excludes halogenated alkanes) is 2. The van der Waals surface area contributed by atoms with E-state index in [2.05, 4.69) is 41.2 Å². The van der Waals surface area contributed by atoms with E-state index >= 15 is 0 Å². The molecule has 1 rings (SSSR count). The van der Waals surface area contributed by atoms with Gasteiger partial charge in [0.25, 0.3) is 11.8 Å². The first-order valence-electron chi connectivity index (χ1n) is 7.25. The molecule has 2 N–H and O–H groups in total. The van der Waals surface area contributed by atoms with Gasteiger partial charge in [0.15, 0.2) is 0 Å². The van der Waals surface area contributed by atoms with E-state index in [0.29, 0.717) is 11.1 Å². The maximum Gasteiger partial charge on any atom is 0.252 e. The van der Waals surface area contributed by atoms with E-state index in [1.807, 2.05) is 0 Å². The molecule has 0 spiro atoms. The molecule has 22 heavy (non-hydrogen) atoms. The zero-order chi connectivity index (χ0) is 16.2. The van der Waals surface area contributed by atoms with Gasteiger partial charge in [-0.3, -0.25) is 9.59 Å². The molecule has 0 aliphatic heterocycles. The summed E-state index contributed by atoms with van der Waals surface area (Å²) in [5.41, 5.74) is 1.00. The summed E-state index contributed by atoms with van der Waals surface area (Å²) in [6.45, 7) is 2.36. The molecule has 4 nitrogen and oxygen atoms in total. The summed E-state index contributed by atoms with van der Waals surface area (Å²) in [7, 11) is 1.56. The van der Waals surface area contributed by atoms with Crippen molar-refractivity contribution in [1.29, 1.82) is 0 Å². The summed E-state index contributed by atoms with van der Waals surface area (Å²) in [4.78, 5) is 23.2. The molecule has 1 aromatic carbocycles. The van der Waals surface area contributed by atoms with Gasteiger partial charge in [0.2, 0.25) is 0 Å². The van der Waals surface area contributed by atoms with Crippen LogP contribution in [-0.2, 0) is 0 Å². The smallest absolute Gasteiger partial charge is 0.252 e. The molecule has 0 unspecified atom stereocenters. The highest BCUT2D eigenvalue weighted by molar-refractivity contribution is 5.97. The van der Waals surface area contributed by atoms with Crippen LogP contribution in [0.3, 0.4) is 0 Å². The third-order valence-corrected chi connectivity index (χ3v) is 2.87. The quantitative estimate of drug-likeness (QED) is 0.645. The van der Waals surface area contributed by atoms with Crippen molar-refractivity contribution in [2.75, 3.05) is 13.6 Å². The van der Waals surface area contributed by atoms with Crippen LogP contribution in [-0.4, -0.2) is 25.4 Å². The first-order chi connectivity index (χ1) is 10.7. The van der Waals surface area contributed by atoms with Crippen molar-refractivity contribution in [3.05, 3.63) is 35.4 Å². The molecule has 0 saturated heterocycles. The Morgan fingerprint density at radius 1 is 1.00 bits per heavy atom. The molecule has 1 aromatic rings. The Morgan fingerprint density at radius 2 is 1.59 bits per heavy atom. The number of rotatable bonds is 5. The van der Waals surface area contributed by atoms with Crippen LogP contribution in [0, 0.1) is 23.7 Å². The lowest BCUT2D eigenvalue weighted by molar-refractivity contribution is 0.0949. The fourth-order valence-corrected chi connectivity index (χ4v) is 1.60. The highest BCUT2D eigenvalue weighted by Crippen LogP contribution is 2.04. The first kappa shape index (κ1) is 17.3. The average molecular weight is 296 g/mol. The summed E-state index contributed by atoms with van der Waals surface area (Å²) in [6, 6.07) is 6.44. The molecule has 2 amide bonds. The molecule has 114 valence electrons. The Kier molecular flexibility index (Phi) is 7.93. The van der Waals surface area contributed by atoms with E-state index in [4.69, 9.17) is 0 Å². The van der Waals surface area contributed by atoms with Crippen LogP contribution in [0.5, 0.6) is 0 Å². The molecule has 0 saturated carbocycles. The largest absolute Gasteiger partial charge is 0.355 e. The lowest BCUT2D eigenvalue weighted by Crippen LogP contribution is -2.24. The molecule has 0 radical (unpaired) electrons. The number of benzene rings is 1. The zero-order valence-corrected chi connectivity index (χ0v) is 13.0. The van der Waals surface area contributed by atoms with Crippen LogP contribution in [0.2, 0.25) is 0 Å². The molecule has 0 heterocycles. The van der Waals surface area contributed by atoms with Gasteiger partial charge in [0.05, 0.1) is 6.54 Å². The Balaban J connectivity index is 2.44. The topological polar surface area (TPSA) is 58.2 Å². The highest BCUT2D eigenvalue weighted by atomic mass is 16.2. The van der Waals surface area contributed by atoms with Crippen molar-refractivity contribution >= 4 is 11.8 Å². The Hall–Kier alpha value is -2.72. The first-order valence-corrected chi connectivity index (χ1v) is 7.25. The Labute approximate surface area is 131 Å². The van der Waals surface area contributed by atoms with Crippen LogP contribution >= 0.6 is 0 Å². The normalized spacial score (nSPS) is 8.82. The molecule has 0 aromatic heterocycles. The maximum absolute atomic E-state index is 11.9. The number of hydrogen-bond donors (Lipinski definition) is 2. The predicted molar refractivity (Wildman–Crippen MR) is 87.2 cm³/mol. The van der Waals surface area contributed by atoms with Crippen molar-refractivity contribution < 1.29 is 9.59 Å². The van der Waals surface area contributed by atoms with Crippen LogP contribution < -0.4 is 10.6 Å². The molecular formula is C18H20N2O2. The van der Waals surface area contributed by atoms with Crippen LogP contribution in [0.15, 0.2) is 24.3 Å². The lowest BCUT2D eigenvalue weighted by Gasteiger charge is -2.03. The minimum Gasteiger partial charge on any atom is -0.355 e. The minimum absolute atomic E-state index is 0.181. The monoisotopic (exact) mass is 296 g/mol. The fourth-order valence-electron chi connectivity index (χ4n) is 1.60. The van der Waals surface area contributed by atoms with Gasteiger partial charge in [-0.2, -0.15) is 0 Å². The zero-order valence-electron chi connectivity index (χ0n) is 13.0. The number of hydrogen-bond acceptors (Lipinski definition) is 2. The number of carbonyl (C=O) groups is 2. The number of amides is 2. The molecule has 0 bridgehead atoms. The molecule has 4 heteroatoms. The van der Waals surface area contributed by atoms with Gasteiger partial charge in [-0.25, -0.2) is 0 Å². The summed E-state index contributed by atoms with van der Waals surface area (Å²) >= 11 is 0. The maximum atomic E-state index is 11.9. The van der Waals surface area contributed by atoms with Crippen LogP contribution in [0.25, 0.3) is 0 Å². The van der Waals surface area contributed by atoms with Gasteiger partial charge in [-0.1, -0.05) is 25.2 Å². The SMILES string of the molecule is CCCCC#CC#CCNC(=O)c1ccc(C(=O)NC)cc1. The second-order valence-corrected chi connectivity index (χ2v) is 4.55. The molecule has 0 atom stereocenters. The van der Waals surface area contributed by atoms with Gasteiger partial charge in [-0.05, 0) is 42.5 Å². The number of carbonyl (C=O) groups excluding carboxylic acids is 2. The Bertz CT molecular complexity index is 625. The summed E-state index contributed by atoms with van der Waals surface area (Å²) in [6.07, 6.45) is 3.06. The van der Waals surface area contributed by atoms with Crippen molar-refractivity contribution in [2.24, 2.45) is 0 Å². The van der Waals surface area contributed by atoms with Gasteiger partial charge in [-0.15, -0.1) is 0 Å². The third kappa shape index (κ3) is 6.15. The predicted octanol–water partition coefficient (Wildman–Crippen LogP) is 1.97. The van der Waals surface area contributed by atoms with Gasteiger partial charge >= 0.3 is 0 Å². The van der Waals surface area contributed by atoms with E-state index in [1.165, 1.54) is 0 Å². The third-order valence-electron chi connectivity index (χ3n) is 2.87. The Morgan fingerprint density at radius 3 is 2.18 bits per heavy atom. The van der Waals surface area contributed by atoms with E-state index < -0.39 is 0 Å². The van der Waals surface area contributed by atoms with Crippen LogP contribution in [0.4, 0.5) is 0 Å². The van der Waals surface area contributed by atoms with Crippen LogP contribution in [0.1, 0.15) is 46.9 Å². The van der Waals surface area contributed by atoms with Gasteiger partial charge < -0.3 is 10.6 Å². The van der Waals surface area contributed by atoms with E-state index in [9.17, 15) is 9.59 Å². The second kappa shape index (κ2) is 10.1. The molecular weight excluding hydrogens is 276 g/mol. The van der Waals surface area contributed by atoms with Crippen molar-refractivity contribution in [3.8, 4) is 23.7 Å². The summed E-state index contributed by atoms with van der Waals surface area (Å²) in [5.74, 6) is 10.8. The van der Waals surface area contributed by atoms with Crippen molar-refractivity contribution in [1.82, 2.24) is 10.6 Å². The summed E-state index contributed by atoms with van der Waals surface area (Å²) < 4.78 is 0. The number of nitrogens with one attached hydrogen (secondary N) is 2. The van der Waals surface area contributed by atoms with Gasteiger partial charge in [0.1, 0.15) is 0 Å². The summed E-state index contributed by atoms with van der Waals surface area (Å²) in [5, 5.41) is 5.21. The molecule has 0 fully saturated rings. The van der Waals surface area contributed by atoms with Crippen molar-refractivity contribution in [2.45, 2.75) is 26.2 Å². The van der Waals surface area contributed by atoms with E-state index in [-0.39, 0.29) is 18.4 Å². The van der Waals surface area contributed by atoms with Crippen molar-refractivity contribution in [3.63, 3.8) is 0 Å².